The average molecular weight is 492 g/mol. The van der Waals surface area contributed by atoms with Crippen LogP contribution < -0.4 is 5.32 Å². The average Bonchev–Trinajstić information content (AvgIpc) is 3.13. The predicted octanol–water partition coefficient (Wildman–Crippen LogP) is 5.29. The molecule has 3 aromatic rings. The number of aliphatic hydroxyl groups excluding tert-OH is 2. The van der Waals surface area contributed by atoms with Crippen molar-refractivity contribution in [3.8, 4) is 11.1 Å². The molecule has 0 saturated heterocycles. The molecule has 0 bridgehead atoms. The summed E-state index contributed by atoms with van der Waals surface area (Å²) in [5, 5.41) is 22.2. The van der Waals surface area contributed by atoms with E-state index in [1.54, 1.807) is 0 Å². The molecular formula is C25H21ClF3NO4. The summed E-state index contributed by atoms with van der Waals surface area (Å²) >= 11 is 5.66. The third kappa shape index (κ3) is 4.89. The van der Waals surface area contributed by atoms with E-state index < -0.39 is 35.1 Å². The molecule has 2 atom stereocenters. The van der Waals surface area contributed by atoms with Crippen LogP contribution in [0.3, 0.4) is 0 Å². The number of alkyl halides is 3. The number of rotatable bonds is 6. The Morgan fingerprint density at radius 1 is 1.00 bits per heavy atom. The highest BCUT2D eigenvalue weighted by Gasteiger charge is 2.34. The number of fused-ring (bicyclic) bond motifs is 3. The van der Waals surface area contributed by atoms with Crippen LogP contribution in [-0.2, 0) is 10.9 Å². The summed E-state index contributed by atoms with van der Waals surface area (Å²) in [4.78, 5) is 12.2. The number of halogens is 4. The molecule has 1 aliphatic carbocycles. The minimum Gasteiger partial charge on any atom is -0.449 e. The van der Waals surface area contributed by atoms with Gasteiger partial charge in [0.1, 0.15) is 18.8 Å². The molecule has 0 fully saturated rings. The molecule has 3 N–H and O–H groups in total. The highest BCUT2D eigenvalue weighted by Crippen LogP contribution is 2.44. The second kappa shape index (κ2) is 9.66. The van der Waals surface area contributed by atoms with Gasteiger partial charge in [-0.1, -0.05) is 66.2 Å². The third-order valence-electron chi connectivity index (χ3n) is 5.80. The van der Waals surface area contributed by atoms with Crippen molar-refractivity contribution in [2.45, 2.75) is 24.3 Å². The molecule has 9 heteroatoms. The quantitative estimate of drug-likeness (QED) is 0.438. The lowest BCUT2D eigenvalue weighted by atomic mass is 9.98. The first-order valence-electron chi connectivity index (χ1n) is 10.5. The molecule has 0 aromatic heterocycles. The molecule has 0 saturated carbocycles. The fourth-order valence-corrected chi connectivity index (χ4v) is 4.41. The Kier molecular flexibility index (Phi) is 6.84. The summed E-state index contributed by atoms with van der Waals surface area (Å²) in [6, 6.07) is 18.4. The van der Waals surface area contributed by atoms with Gasteiger partial charge in [-0.3, -0.25) is 0 Å². The predicted molar refractivity (Wildman–Crippen MR) is 120 cm³/mol. The van der Waals surface area contributed by atoms with Gasteiger partial charge < -0.3 is 20.3 Å². The van der Waals surface area contributed by atoms with Crippen molar-refractivity contribution < 1.29 is 32.9 Å². The second-order valence-corrected chi connectivity index (χ2v) is 8.36. The number of hydrogen-bond donors (Lipinski definition) is 3. The number of nitrogens with one attached hydrogen (secondary N) is 1. The topological polar surface area (TPSA) is 78.8 Å². The number of hydrogen-bond acceptors (Lipinski definition) is 4. The zero-order valence-electron chi connectivity index (χ0n) is 17.7. The van der Waals surface area contributed by atoms with Crippen molar-refractivity contribution in [3.05, 3.63) is 94.0 Å². The van der Waals surface area contributed by atoms with Crippen LogP contribution in [0.5, 0.6) is 0 Å². The van der Waals surface area contributed by atoms with Gasteiger partial charge in [0.15, 0.2) is 0 Å². The number of ether oxygens (including phenoxy) is 1. The molecule has 0 spiro atoms. The first-order valence-corrected chi connectivity index (χ1v) is 10.9. The van der Waals surface area contributed by atoms with Gasteiger partial charge in [-0.05, 0) is 39.9 Å². The van der Waals surface area contributed by atoms with Gasteiger partial charge >= 0.3 is 12.3 Å². The van der Waals surface area contributed by atoms with E-state index in [0.717, 1.165) is 40.5 Å². The van der Waals surface area contributed by atoms with Gasteiger partial charge in [-0.2, -0.15) is 13.2 Å². The van der Waals surface area contributed by atoms with Crippen LogP contribution in [0, 0.1) is 0 Å². The van der Waals surface area contributed by atoms with E-state index in [9.17, 15) is 28.2 Å². The first kappa shape index (κ1) is 24.1. The number of carbonyl (C=O) groups excluding carboxylic acids is 1. The van der Waals surface area contributed by atoms with Crippen molar-refractivity contribution in [3.63, 3.8) is 0 Å². The molecule has 34 heavy (non-hydrogen) atoms. The molecule has 4 rings (SSSR count). The Morgan fingerprint density at radius 3 is 2.15 bits per heavy atom. The Balaban J connectivity index is 1.34. The molecule has 178 valence electrons. The minimum absolute atomic E-state index is 0.0140. The van der Waals surface area contributed by atoms with Crippen LogP contribution in [0.4, 0.5) is 18.0 Å². The van der Waals surface area contributed by atoms with E-state index in [1.165, 1.54) is 0 Å². The maximum Gasteiger partial charge on any atom is 0.417 e. The van der Waals surface area contributed by atoms with Crippen molar-refractivity contribution in [2.24, 2.45) is 0 Å². The van der Waals surface area contributed by atoms with Crippen molar-refractivity contribution in [2.75, 3.05) is 13.2 Å². The van der Waals surface area contributed by atoms with E-state index in [-0.39, 0.29) is 24.6 Å². The van der Waals surface area contributed by atoms with Crippen LogP contribution in [0.1, 0.15) is 34.3 Å². The Morgan fingerprint density at radius 2 is 1.59 bits per heavy atom. The van der Waals surface area contributed by atoms with Gasteiger partial charge in [0.05, 0.1) is 10.6 Å². The molecule has 1 amide bonds. The Bertz CT molecular complexity index is 1160. The van der Waals surface area contributed by atoms with Crippen LogP contribution in [0.25, 0.3) is 11.1 Å². The van der Waals surface area contributed by atoms with Crippen LogP contribution in [0.15, 0.2) is 66.7 Å². The molecule has 3 aromatic carbocycles. The molecule has 0 radical (unpaired) electrons. The summed E-state index contributed by atoms with van der Waals surface area (Å²) in [6.07, 6.45) is -8.48. The lowest BCUT2D eigenvalue weighted by Gasteiger charge is -2.20. The second-order valence-electron chi connectivity index (χ2n) is 7.96. The standard InChI is InChI=1S/C25H21ClF3NO4/c26-21-11-14(9-10-20(21)25(27,28)29)23(32)22(31)12-30-24(33)34-13-19-17-7-3-1-5-15(17)16-6-2-4-8-18(16)19/h1-11,19,22-23,31-32H,12-13H2,(H,30,33). The summed E-state index contributed by atoms with van der Waals surface area (Å²) < 4.78 is 43.9. The monoisotopic (exact) mass is 491 g/mol. The SMILES string of the molecule is O=C(NCC(O)C(O)c1ccc(C(F)(F)F)c(Cl)c1)OCC1c2ccccc2-c2ccccc21. The number of amides is 1. The fraction of sp³-hybridized carbons (Fsp3) is 0.240. The largest absolute Gasteiger partial charge is 0.449 e. The van der Waals surface area contributed by atoms with Gasteiger partial charge in [-0.25, -0.2) is 4.79 Å². The van der Waals surface area contributed by atoms with Crippen molar-refractivity contribution >= 4 is 17.7 Å². The van der Waals surface area contributed by atoms with Gasteiger partial charge in [0.2, 0.25) is 0 Å². The van der Waals surface area contributed by atoms with E-state index >= 15 is 0 Å². The highest BCUT2D eigenvalue weighted by atomic mass is 35.5. The van der Waals surface area contributed by atoms with Crippen LogP contribution in [-0.4, -0.2) is 35.6 Å². The van der Waals surface area contributed by atoms with E-state index in [0.29, 0.717) is 0 Å². The maximum atomic E-state index is 12.8. The molecule has 5 nitrogen and oxygen atoms in total. The minimum atomic E-state index is -4.63. The third-order valence-corrected chi connectivity index (χ3v) is 6.12. The van der Waals surface area contributed by atoms with Gasteiger partial charge in [0, 0.05) is 12.5 Å². The van der Waals surface area contributed by atoms with Crippen molar-refractivity contribution in [1.82, 2.24) is 5.32 Å². The number of carbonyl (C=O) groups is 1. The molecule has 1 aliphatic rings. The summed E-state index contributed by atoms with van der Waals surface area (Å²) in [7, 11) is 0. The highest BCUT2D eigenvalue weighted by molar-refractivity contribution is 6.31. The molecule has 2 unspecified atom stereocenters. The zero-order valence-corrected chi connectivity index (χ0v) is 18.5. The molecule has 0 heterocycles. The lowest BCUT2D eigenvalue weighted by molar-refractivity contribution is -0.137. The van der Waals surface area contributed by atoms with Gasteiger partial charge in [0.25, 0.3) is 0 Å². The summed E-state index contributed by atoms with van der Waals surface area (Å²) in [5.41, 5.74) is 3.20. The number of aliphatic hydroxyl groups is 2. The van der Waals surface area contributed by atoms with E-state index in [2.05, 4.69) is 5.32 Å². The fourth-order valence-electron chi connectivity index (χ4n) is 4.12. The smallest absolute Gasteiger partial charge is 0.417 e. The summed E-state index contributed by atoms with van der Waals surface area (Å²) in [5.74, 6) is -0.136. The zero-order chi connectivity index (χ0) is 24.5. The number of alkyl carbamates (subject to hydrolysis) is 1. The maximum absolute atomic E-state index is 12.8. The summed E-state index contributed by atoms with van der Waals surface area (Å²) in [6.45, 7) is -0.302. The van der Waals surface area contributed by atoms with Crippen LogP contribution in [0.2, 0.25) is 5.02 Å². The number of benzene rings is 3. The molecular weight excluding hydrogens is 471 g/mol. The first-order chi connectivity index (χ1) is 16.2. The van der Waals surface area contributed by atoms with Gasteiger partial charge in [-0.15, -0.1) is 0 Å². The van der Waals surface area contributed by atoms with Crippen LogP contribution >= 0.6 is 11.6 Å². The lowest BCUT2D eigenvalue weighted by Crippen LogP contribution is -2.36. The Hall–Kier alpha value is -3.07. The molecule has 0 aliphatic heterocycles. The van der Waals surface area contributed by atoms with Crippen molar-refractivity contribution in [1.29, 1.82) is 0 Å². The normalized spacial score (nSPS) is 14.8. The Labute approximate surface area is 198 Å². The van der Waals surface area contributed by atoms with E-state index in [4.69, 9.17) is 16.3 Å². The van der Waals surface area contributed by atoms with E-state index in [1.807, 2.05) is 48.5 Å².